The molecule has 25 heavy (non-hydrogen) atoms. The van der Waals surface area contributed by atoms with Gasteiger partial charge in [-0.25, -0.2) is 0 Å². The average Bonchev–Trinajstić information content (AvgIpc) is 2.56. The lowest BCUT2D eigenvalue weighted by Gasteiger charge is -2.17. The van der Waals surface area contributed by atoms with Crippen molar-refractivity contribution in [2.45, 2.75) is 33.2 Å². The highest BCUT2D eigenvalue weighted by Gasteiger charge is 2.13. The van der Waals surface area contributed by atoms with Crippen molar-refractivity contribution in [1.82, 2.24) is 5.32 Å². The molecular weight excluding hydrogens is 382 g/mol. The predicted octanol–water partition coefficient (Wildman–Crippen LogP) is 4.67. The zero-order chi connectivity index (χ0) is 18.2. The summed E-state index contributed by atoms with van der Waals surface area (Å²) in [4.78, 5) is 12.3. The maximum atomic E-state index is 12.3. The van der Waals surface area contributed by atoms with Gasteiger partial charge < -0.3 is 14.8 Å². The number of benzene rings is 2. The maximum absolute atomic E-state index is 12.3. The first-order valence-corrected chi connectivity index (χ1v) is 9.26. The first-order valence-electron chi connectivity index (χ1n) is 8.46. The van der Waals surface area contributed by atoms with Gasteiger partial charge >= 0.3 is 0 Å². The van der Waals surface area contributed by atoms with Gasteiger partial charge in [-0.05, 0) is 56.2 Å². The zero-order valence-electron chi connectivity index (χ0n) is 14.8. The van der Waals surface area contributed by atoms with Crippen molar-refractivity contribution >= 4 is 21.8 Å². The van der Waals surface area contributed by atoms with Crippen molar-refractivity contribution in [3.63, 3.8) is 0 Å². The van der Waals surface area contributed by atoms with Crippen LogP contribution < -0.4 is 14.8 Å². The van der Waals surface area contributed by atoms with E-state index in [-0.39, 0.29) is 11.9 Å². The SMILES string of the molecule is CCOc1ccc(C(C)NC(=O)Cc2cccc(Br)c2)cc1OCC. The smallest absolute Gasteiger partial charge is 0.224 e. The van der Waals surface area contributed by atoms with Gasteiger partial charge in [0.05, 0.1) is 25.7 Å². The van der Waals surface area contributed by atoms with Crippen LogP contribution in [-0.4, -0.2) is 19.1 Å². The summed E-state index contributed by atoms with van der Waals surface area (Å²) in [6.45, 7) is 6.98. The molecule has 0 saturated heterocycles. The summed E-state index contributed by atoms with van der Waals surface area (Å²) in [5.41, 5.74) is 1.95. The average molecular weight is 406 g/mol. The van der Waals surface area contributed by atoms with Gasteiger partial charge in [0.25, 0.3) is 0 Å². The molecule has 0 aliphatic heterocycles. The van der Waals surface area contributed by atoms with Crippen LogP contribution in [-0.2, 0) is 11.2 Å². The molecule has 4 nitrogen and oxygen atoms in total. The number of rotatable bonds is 8. The summed E-state index contributed by atoms with van der Waals surface area (Å²) >= 11 is 3.42. The van der Waals surface area contributed by atoms with Gasteiger partial charge in [-0.1, -0.05) is 34.1 Å². The third-order valence-corrected chi connectivity index (χ3v) is 4.19. The number of amides is 1. The maximum Gasteiger partial charge on any atom is 0.224 e. The second-order valence-corrected chi connectivity index (χ2v) is 6.58. The normalized spacial score (nSPS) is 11.7. The molecule has 2 rings (SSSR count). The lowest BCUT2D eigenvalue weighted by molar-refractivity contribution is -0.121. The predicted molar refractivity (Wildman–Crippen MR) is 103 cm³/mol. The number of hydrogen-bond donors (Lipinski definition) is 1. The van der Waals surface area contributed by atoms with Crippen LogP contribution in [0, 0.1) is 0 Å². The molecule has 134 valence electrons. The Kier molecular flexibility index (Phi) is 7.31. The molecule has 0 saturated carbocycles. The van der Waals surface area contributed by atoms with E-state index >= 15 is 0 Å². The fourth-order valence-electron chi connectivity index (χ4n) is 2.55. The highest BCUT2D eigenvalue weighted by molar-refractivity contribution is 9.10. The molecule has 0 aliphatic carbocycles. The Morgan fingerprint density at radius 3 is 2.48 bits per heavy atom. The van der Waals surface area contributed by atoms with Gasteiger partial charge in [0, 0.05) is 4.47 Å². The van der Waals surface area contributed by atoms with Crippen LogP contribution in [0.15, 0.2) is 46.9 Å². The van der Waals surface area contributed by atoms with Crippen LogP contribution in [0.2, 0.25) is 0 Å². The molecule has 2 aromatic rings. The van der Waals surface area contributed by atoms with Gasteiger partial charge in [-0.3, -0.25) is 4.79 Å². The van der Waals surface area contributed by atoms with Crippen molar-refractivity contribution in [1.29, 1.82) is 0 Å². The van der Waals surface area contributed by atoms with Crippen LogP contribution in [0.3, 0.4) is 0 Å². The minimum atomic E-state index is -0.116. The number of ether oxygens (including phenoxy) is 2. The van der Waals surface area contributed by atoms with Gasteiger partial charge in [0.15, 0.2) is 11.5 Å². The van der Waals surface area contributed by atoms with Crippen LogP contribution in [0.1, 0.15) is 37.9 Å². The minimum absolute atomic E-state index is 0.0163. The van der Waals surface area contributed by atoms with Gasteiger partial charge in [0.1, 0.15) is 0 Å². The van der Waals surface area contributed by atoms with Gasteiger partial charge in [0.2, 0.25) is 5.91 Å². The van der Waals surface area contributed by atoms with Crippen LogP contribution in [0.25, 0.3) is 0 Å². The van der Waals surface area contributed by atoms with E-state index in [0.29, 0.717) is 25.4 Å². The van der Waals surface area contributed by atoms with E-state index in [1.807, 2.05) is 63.2 Å². The second kappa shape index (κ2) is 9.47. The van der Waals surface area contributed by atoms with Crippen molar-refractivity contribution in [2.75, 3.05) is 13.2 Å². The number of hydrogen-bond acceptors (Lipinski definition) is 3. The fraction of sp³-hybridized carbons (Fsp3) is 0.350. The van der Waals surface area contributed by atoms with Crippen molar-refractivity contribution in [3.8, 4) is 11.5 Å². The Morgan fingerprint density at radius 1 is 1.08 bits per heavy atom. The van der Waals surface area contributed by atoms with Gasteiger partial charge in [-0.15, -0.1) is 0 Å². The van der Waals surface area contributed by atoms with Crippen molar-refractivity contribution in [2.24, 2.45) is 0 Å². The summed E-state index contributed by atoms with van der Waals surface area (Å²) < 4.78 is 12.2. The molecular formula is C20H24BrNO3. The molecule has 1 atom stereocenters. The fourth-order valence-corrected chi connectivity index (χ4v) is 2.99. The minimum Gasteiger partial charge on any atom is -0.490 e. The zero-order valence-corrected chi connectivity index (χ0v) is 16.4. The summed E-state index contributed by atoms with van der Waals surface area (Å²) in [6, 6.07) is 13.4. The summed E-state index contributed by atoms with van der Waals surface area (Å²) in [5, 5.41) is 3.03. The Balaban J connectivity index is 2.05. The summed E-state index contributed by atoms with van der Waals surface area (Å²) in [7, 11) is 0. The Hall–Kier alpha value is -2.01. The number of carbonyl (C=O) groups excluding carboxylic acids is 1. The van der Waals surface area contributed by atoms with E-state index < -0.39 is 0 Å². The molecule has 0 bridgehead atoms. The van der Waals surface area contributed by atoms with Crippen LogP contribution in [0.4, 0.5) is 0 Å². The first kappa shape index (κ1) is 19.3. The number of halogens is 1. The largest absolute Gasteiger partial charge is 0.490 e. The molecule has 5 heteroatoms. The molecule has 2 aromatic carbocycles. The first-order chi connectivity index (χ1) is 12.0. The molecule has 0 aromatic heterocycles. The quantitative estimate of drug-likeness (QED) is 0.693. The van der Waals surface area contributed by atoms with E-state index in [0.717, 1.165) is 21.3 Å². The summed E-state index contributed by atoms with van der Waals surface area (Å²) in [6.07, 6.45) is 0.346. The molecule has 0 heterocycles. The molecule has 1 amide bonds. The van der Waals surface area contributed by atoms with Gasteiger partial charge in [-0.2, -0.15) is 0 Å². The van der Waals surface area contributed by atoms with E-state index in [9.17, 15) is 4.79 Å². The van der Waals surface area contributed by atoms with E-state index in [1.54, 1.807) is 0 Å². The van der Waals surface area contributed by atoms with Crippen molar-refractivity contribution < 1.29 is 14.3 Å². The molecule has 0 fully saturated rings. The van der Waals surface area contributed by atoms with Crippen LogP contribution >= 0.6 is 15.9 Å². The highest BCUT2D eigenvalue weighted by Crippen LogP contribution is 2.30. The number of nitrogens with one attached hydrogen (secondary N) is 1. The topological polar surface area (TPSA) is 47.6 Å². The van der Waals surface area contributed by atoms with E-state index in [1.165, 1.54) is 0 Å². The Bertz CT molecular complexity index is 718. The molecule has 0 aliphatic rings. The third kappa shape index (κ3) is 5.78. The molecule has 0 radical (unpaired) electrons. The lowest BCUT2D eigenvalue weighted by Crippen LogP contribution is -2.28. The number of carbonyl (C=O) groups is 1. The molecule has 1 unspecified atom stereocenters. The Labute approximate surface area is 157 Å². The molecule has 0 spiro atoms. The highest BCUT2D eigenvalue weighted by atomic mass is 79.9. The third-order valence-electron chi connectivity index (χ3n) is 3.70. The van der Waals surface area contributed by atoms with E-state index in [2.05, 4.69) is 21.2 Å². The monoisotopic (exact) mass is 405 g/mol. The Morgan fingerprint density at radius 2 is 1.80 bits per heavy atom. The van der Waals surface area contributed by atoms with Crippen LogP contribution in [0.5, 0.6) is 11.5 Å². The standard InChI is InChI=1S/C20H24BrNO3/c1-4-24-18-10-9-16(13-19(18)25-5-2)14(3)22-20(23)12-15-7-6-8-17(21)11-15/h6-11,13-14H,4-5,12H2,1-3H3,(H,22,23). The lowest BCUT2D eigenvalue weighted by atomic mass is 10.1. The second-order valence-electron chi connectivity index (χ2n) is 5.67. The summed E-state index contributed by atoms with van der Waals surface area (Å²) in [5.74, 6) is 1.41. The van der Waals surface area contributed by atoms with E-state index in [4.69, 9.17) is 9.47 Å². The molecule has 1 N–H and O–H groups in total. The van der Waals surface area contributed by atoms with Crippen molar-refractivity contribution in [3.05, 3.63) is 58.1 Å².